The van der Waals surface area contributed by atoms with E-state index >= 15 is 0 Å². The van der Waals surface area contributed by atoms with Gasteiger partial charge >= 0.3 is 0 Å². The first-order valence-electron chi connectivity index (χ1n) is 11.3. The normalized spacial score (nSPS) is 14.9. The number of hydrogen-bond acceptors (Lipinski definition) is 4. The fourth-order valence-electron chi connectivity index (χ4n) is 4.70. The van der Waals surface area contributed by atoms with E-state index in [9.17, 15) is 10.1 Å². The van der Waals surface area contributed by atoms with Gasteiger partial charge in [-0.15, -0.1) is 0 Å². The van der Waals surface area contributed by atoms with E-state index in [0.717, 1.165) is 48.1 Å². The molecule has 0 saturated heterocycles. The smallest absolute Gasteiger partial charge is 0.269 e. The van der Waals surface area contributed by atoms with Gasteiger partial charge in [0.1, 0.15) is 12.4 Å². The zero-order chi connectivity index (χ0) is 22.8. The molecule has 0 fully saturated rings. The first kappa shape index (κ1) is 22.0. The zero-order valence-electron chi connectivity index (χ0n) is 19.3. The van der Waals surface area contributed by atoms with Crippen LogP contribution in [-0.2, 0) is 19.4 Å². The predicted molar refractivity (Wildman–Crippen MR) is 128 cm³/mol. The minimum atomic E-state index is -0.371. The molecule has 166 valence electrons. The van der Waals surface area contributed by atoms with Gasteiger partial charge in [-0.1, -0.05) is 30.7 Å². The maximum absolute atomic E-state index is 11.1. The number of nitro groups is 1. The quantitative estimate of drug-likeness (QED) is 0.230. The Morgan fingerprint density at radius 1 is 1.31 bits per heavy atom. The molecule has 0 saturated carbocycles. The van der Waals surface area contributed by atoms with Gasteiger partial charge in [0.25, 0.3) is 5.69 Å². The van der Waals surface area contributed by atoms with E-state index in [4.69, 9.17) is 9.72 Å². The molecule has 4 rings (SSSR count). The average molecular weight is 431 g/mol. The molecule has 1 heterocycles. The lowest BCUT2D eigenvalue weighted by molar-refractivity contribution is -0.384. The van der Waals surface area contributed by atoms with Gasteiger partial charge in [-0.3, -0.25) is 15.1 Å². The number of aryl methyl sites for hydroxylation is 3. The summed E-state index contributed by atoms with van der Waals surface area (Å²) in [7, 11) is 0. The fourth-order valence-corrected chi connectivity index (χ4v) is 4.70. The third-order valence-electron chi connectivity index (χ3n) is 6.33. The van der Waals surface area contributed by atoms with Gasteiger partial charge in [-0.2, -0.15) is 0 Å². The second-order valence-corrected chi connectivity index (χ2v) is 9.07. The maximum Gasteiger partial charge on any atom is 0.269 e. The molecule has 1 aliphatic carbocycles. The van der Waals surface area contributed by atoms with Crippen LogP contribution >= 0.6 is 0 Å². The van der Waals surface area contributed by atoms with Crippen molar-refractivity contribution in [1.29, 1.82) is 0 Å². The Kier molecular flexibility index (Phi) is 6.26. The van der Waals surface area contributed by atoms with Crippen molar-refractivity contribution >= 4 is 16.6 Å². The van der Waals surface area contributed by atoms with Crippen LogP contribution in [0.4, 0.5) is 5.69 Å². The van der Waals surface area contributed by atoms with Gasteiger partial charge < -0.3 is 4.74 Å². The first-order chi connectivity index (χ1) is 15.3. The monoisotopic (exact) mass is 430 g/mol. The molecule has 0 radical (unpaired) electrons. The number of non-ortho nitro benzene ring substituents is 1. The highest BCUT2D eigenvalue weighted by Gasteiger charge is 2.26. The molecule has 0 amide bonds. The summed E-state index contributed by atoms with van der Waals surface area (Å²) >= 11 is 0. The van der Waals surface area contributed by atoms with Gasteiger partial charge in [0, 0.05) is 29.3 Å². The molecule has 0 N–H and O–H groups in total. The number of allylic oxidation sites excluding steroid dienone is 2. The summed E-state index contributed by atoms with van der Waals surface area (Å²) in [5, 5.41) is 12.4. The van der Waals surface area contributed by atoms with Crippen LogP contribution in [0.25, 0.3) is 10.9 Å². The standard InChI is InChI=1S/C27H30N2O3/c1-17(2)7-5-9-21-15-28-27-19(4)13-24(25-18(3)11-12-23(21)26(25)27)32-16-20-8-6-10-22(14-20)29(30)31/h6-8,10,13-15,18H,5,9,11-12,16H2,1-4H3/t18-/m1/s1. The molecule has 1 aliphatic rings. The van der Waals surface area contributed by atoms with E-state index in [1.807, 2.05) is 6.07 Å². The van der Waals surface area contributed by atoms with Gasteiger partial charge in [-0.25, -0.2) is 0 Å². The lowest BCUT2D eigenvalue weighted by Crippen LogP contribution is -2.12. The summed E-state index contributed by atoms with van der Waals surface area (Å²) in [6, 6.07) is 8.73. The lowest BCUT2D eigenvalue weighted by Gasteiger charge is -2.28. The maximum atomic E-state index is 11.1. The largest absolute Gasteiger partial charge is 0.489 e. The van der Waals surface area contributed by atoms with Crippen LogP contribution in [0.15, 0.2) is 48.2 Å². The number of nitrogens with zero attached hydrogens (tertiary/aromatic N) is 2. The summed E-state index contributed by atoms with van der Waals surface area (Å²) in [5.41, 5.74) is 8.36. The molecule has 2 aromatic carbocycles. The molecule has 5 nitrogen and oxygen atoms in total. The summed E-state index contributed by atoms with van der Waals surface area (Å²) < 4.78 is 6.29. The molecule has 0 spiro atoms. The van der Waals surface area contributed by atoms with E-state index in [1.54, 1.807) is 12.1 Å². The number of ether oxygens (including phenoxy) is 1. The second kappa shape index (κ2) is 9.11. The summed E-state index contributed by atoms with van der Waals surface area (Å²) in [4.78, 5) is 15.6. The summed E-state index contributed by atoms with van der Waals surface area (Å²) in [6.45, 7) is 8.91. The number of rotatable bonds is 7. The van der Waals surface area contributed by atoms with Crippen LogP contribution in [0.3, 0.4) is 0 Å². The minimum absolute atomic E-state index is 0.0861. The van der Waals surface area contributed by atoms with Crippen molar-refractivity contribution in [1.82, 2.24) is 4.98 Å². The first-order valence-corrected chi connectivity index (χ1v) is 11.3. The van der Waals surface area contributed by atoms with Crippen LogP contribution < -0.4 is 4.74 Å². The zero-order valence-corrected chi connectivity index (χ0v) is 19.3. The van der Waals surface area contributed by atoms with E-state index in [2.05, 4.69) is 46.0 Å². The molecule has 1 aromatic heterocycles. The van der Waals surface area contributed by atoms with Crippen LogP contribution in [0, 0.1) is 17.0 Å². The predicted octanol–water partition coefficient (Wildman–Crippen LogP) is 6.98. The van der Waals surface area contributed by atoms with Gasteiger partial charge in [0.15, 0.2) is 0 Å². The highest BCUT2D eigenvalue weighted by Crippen LogP contribution is 2.44. The third-order valence-corrected chi connectivity index (χ3v) is 6.33. The van der Waals surface area contributed by atoms with E-state index in [0.29, 0.717) is 12.5 Å². The molecule has 0 aliphatic heterocycles. The van der Waals surface area contributed by atoms with Gasteiger partial charge in [0.05, 0.1) is 10.4 Å². The van der Waals surface area contributed by atoms with Crippen molar-refractivity contribution in [3.63, 3.8) is 0 Å². The van der Waals surface area contributed by atoms with Crippen molar-refractivity contribution in [2.75, 3.05) is 0 Å². The number of aromatic nitrogens is 1. The Morgan fingerprint density at radius 2 is 2.12 bits per heavy atom. The van der Waals surface area contributed by atoms with Gasteiger partial charge in [-0.05, 0) is 80.7 Å². The van der Waals surface area contributed by atoms with Crippen LogP contribution in [0.1, 0.15) is 67.3 Å². The van der Waals surface area contributed by atoms with Crippen molar-refractivity contribution in [2.45, 2.75) is 65.9 Å². The molecular formula is C27H30N2O3. The van der Waals surface area contributed by atoms with Crippen molar-refractivity contribution in [2.24, 2.45) is 0 Å². The topological polar surface area (TPSA) is 65.3 Å². The number of nitro benzene ring substituents is 1. The molecule has 0 bridgehead atoms. The number of pyridine rings is 1. The van der Waals surface area contributed by atoms with Gasteiger partial charge in [0.2, 0.25) is 0 Å². The average Bonchev–Trinajstić information content (AvgIpc) is 2.76. The van der Waals surface area contributed by atoms with Crippen molar-refractivity contribution < 1.29 is 9.66 Å². The highest BCUT2D eigenvalue weighted by molar-refractivity contribution is 5.92. The van der Waals surface area contributed by atoms with E-state index in [-0.39, 0.29) is 10.6 Å². The van der Waals surface area contributed by atoms with Crippen LogP contribution in [0.2, 0.25) is 0 Å². The summed E-state index contributed by atoms with van der Waals surface area (Å²) in [6.07, 6.45) is 8.51. The molecule has 0 unspecified atom stereocenters. The van der Waals surface area contributed by atoms with Crippen molar-refractivity contribution in [3.05, 3.63) is 86.1 Å². The Balaban J connectivity index is 1.73. The SMILES string of the molecule is CC(C)=CCCc1cnc2c(C)cc(OCc3cccc([N+](=O)[O-])c3)c3c2c1CC[C@H]3C. The van der Waals surface area contributed by atoms with Crippen LogP contribution in [-0.4, -0.2) is 9.91 Å². The fraction of sp³-hybridized carbons (Fsp3) is 0.370. The number of benzene rings is 2. The Hall–Kier alpha value is -3.21. The Morgan fingerprint density at radius 3 is 2.88 bits per heavy atom. The van der Waals surface area contributed by atoms with E-state index in [1.165, 1.54) is 33.7 Å². The highest BCUT2D eigenvalue weighted by atomic mass is 16.6. The summed E-state index contributed by atoms with van der Waals surface area (Å²) in [5.74, 6) is 1.25. The van der Waals surface area contributed by atoms with Crippen LogP contribution in [0.5, 0.6) is 5.75 Å². The minimum Gasteiger partial charge on any atom is -0.489 e. The third kappa shape index (κ3) is 4.38. The molecule has 32 heavy (non-hydrogen) atoms. The molecule has 5 heteroatoms. The van der Waals surface area contributed by atoms with E-state index < -0.39 is 0 Å². The van der Waals surface area contributed by atoms with Crippen molar-refractivity contribution in [3.8, 4) is 5.75 Å². The number of hydrogen-bond donors (Lipinski definition) is 0. The molecule has 1 atom stereocenters. The Bertz CT molecular complexity index is 1210. The molecular weight excluding hydrogens is 400 g/mol. The second-order valence-electron chi connectivity index (χ2n) is 9.07. The molecule has 3 aromatic rings. The lowest BCUT2D eigenvalue weighted by atomic mass is 9.80. The Labute approximate surface area is 189 Å².